The molecule has 0 bridgehead atoms. The van der Waals surface area contributed by atoms with Gasteiger partial charge in [-0.05, 0) is 18.1 Å². The van der Waals surface area contributed by atoms with E-state index in [4.69, 9.17) is 11.6 Å². The second-order valence-electron chi connectivity index (χ2n) is 4.27. The van der Waals surface area contributed by atoms with Crippen LogP contribution in [0.15, 0.2) is 18.2 Å². The van der Waals surface area contributed by atoms with Crippen molar-refractivity contribution in [2.45, 2.75) is 25.8 Å². The lowest BCUT2D eigenvalue weighted by atomic mass is 10.1. The van der Waals surface area contributed by atoms with Crippen molar-refractivity contribution in [2.75, 3.05) is 0 Å². The second kappa shape index (κ2) is 5.36. The van der Waals surface area contributed by atoms with Crippen LogP contribution < -0.4 is 0 Å². The predicted octanol–water partition coefficient (Wildman–Crippen LogP) is 2.29. The summed E-state index contributed by atoms with van der Waals surface area (Å²) in [6, 6.07) is 4.26. The van der Waals surface area contributed by atoms with E-state index in [0.29, 0.717) is 24.8 Å². The molecule has 1 fully saturated rings. The summed E-state index contributed by atoms with van der Waals surface area (Å²) in [7, 11) is 0. The van der Waals surface area contributed by atoms with Gasteiger partial charge in [0.1, 0.15) is 5.02 Å². The molecular weight excluding hydrogens is 272 g/mol. The van der Waals surface area contributed by atoms with Gasteiger partial charge in [0.15, 0.2) is 0 Å². The molecule has 1 aliphatic rings. The van der Waals surface area contributed by atoms with Crippen molar-refractivity contribution < 1.29 is 14.5 Å². The first kappa shape index (κ1) is 13.5. The first-order chi connectivity index (χ1) is 8.99. The van der Waals surface area contributed by atoms with Gasteiger partial charge >= 0.3 is 0 Å². The van der Waals surface area contributed by atoms with Crippen LogP contribution in [-0.2, 0) is 16.1 Å². The molecule has 0 spiro atoms. The first-order valence-electron chi connectivity index (χ1n) is 5.75. The van der Waals surface area contributed by atoms with Gasteiger partial charge in [-0.25, -0.2) is 0 Å². The van der Waals surface area contributed by atoms with Crippen molar-refractivity contribution >= 4 is 29.1 Å². The van der Waals surface area contributed by atoms with Crippen LogP contribution in [-0.4, -0.2) is 21.6 Å². The Morgan fingerprint density at radius 3 is 2.47 bits per heavy atom. The number of carbonyl (C=O) groups excluding carboxylic acids is 2. The fourth-order valence-electron chi connectivity index (χ4n) is 1.96. The van der Waals surface area contributed by atoms with Gasteiger partial charge in [0, 0.05) is 18.9 Å². The van der Waals surface area contributed by atoms with Crippen molar-refractivity contribution in [3.05, 3.63) is 38.9 Å². The minimum atomic E-state index is -0.592. The van der Waals surface area contributed by atoms with Gasteiger partial charge in [-0.3, -0.25) is 24.6 Å². The molecule has 19 heavy (non-hydrogen) atoms. The molecule has 0 atom stereocenters. The largest absolute Gasteiger partial charge is 0.288 e. The zero-order valence-corrected chi connectivity index (χ0v) is 10.7. The van der Waals surface area contributed by atoms with Crippen molar-refractivity contribution in [1.29, 1.82) is 0 Å². The molecule has 2 amide bonds. The summed E-state index contributed by atoms with van der Waals surface area (Å²) in [5.41, 5.74) is 0.288. The summed E-state index contributed by atoms with van der Waals surface area (Å²) in [6.07, 6.45) is 1.23. The number of amides is 2. The highest BCUT2D eigenvalue weighted by Crippen LogP contribution is 2.26. The van der Waals surface area contributed by atoms with E-state index < -0.39 is 4.92 Å². The molecule has 0 unspecified atom stereocenters. The fraction of sp³-hybridized carbons (Fsp3) is 0.333. The van der Waals surface area contributed by atoms with Crippen LogP contribution in [0.5, 0.6) is 0 Å². The molecule has 0 saturated carbocycles. The van der Waals surface area contributed by atoms with Crippen molar-refractivity contribution in [1.82, 2.24) is 4.90 Å². The van der Waals surface area contributed by atoms with Crippen LogP contribution in [0, 0.1) is 10.1 Å². The molecule has 7 heteroatoms. The SMILES string of the molecule is O=C1CCCC(=O)N1Cc1ccc(Cl)c([N+](=O)[O-])c1. The fourth-order valence-corrected chi connectivity index (χ4v) is 2.14. The number of likely N-dealkylation sites (tertiary alicyclic amines) is 1. The van der Waals surface area contributed by atoms with Crippen LogP contribution in [0.4, 0.5) is 5.69 Å². The normalized spacial score (nSPS) is 15.7. The Bertz CT molecular complexity index is 543. The quantitative estimate of drug-likeness (QED) is 0.484. The zero-order chi connectivity index (χ0) is 14.0. The number of carbonyl (C=O) groups is 2. The molecule has 0 N–H and O–H groups in total. The molecule has 6 nitrogen and oxygen atoms in total. The molecular formula is C12H11ClN2O4. The van der Waals surface area contributed by atoms with E-state index in [1.165, 1.54) is 12.1 Å². The second-order valence-corrected chi connectivity index (χ2v) is 4.68. The van der Waals surface area contributed by atoms with Crippen LogP contribution in [0.2, 0.25) is 5.02 Å². The molecule has 1 heterocycles. The van der Waals surface area contributed by atoms with Crippen LogP contribution in [0.3, 0.4) is 0 Å². The van der Waals surface area contributed by atoms with E-state index in [9.17, 15) is 19.7 Å². The highest BCUT2D eigenvalue weighted by Gasteiger charge is 2.26. The molecule has 0 radical (unpaired) electrons. The summed E-state index contributed by atoms with van der Waals surface area (Å²) in [4.78, 5) is 34.6. The Hall–Kier alpha value is -1.95. The molecule has 2 rings (SSSR count). The van der Waals surface area contributed by atoms with E-state index in [2.05, 4.69) is 0 Å². The third-order valence-electron chi connectivity index (χ3n) is 2.93. The Balaban J connectivity index is 2.23. The van der Waals surface area contributed by atoms with Gasteiger partial charge in [-0.2, -0.15) is 0 Å². The maximum absolute atomic E-state index is 11.6. The number of halogens is 1. The van der Waals surface area contributed by atoms with E-state index in [1.807, 2.05) is 0 Å². The minimum absolute atomic E-state index is 0.0325. The van der Waals surface area contributed by atoms with Crippen LogP contribution in [0.25, 0.3) is 0 Å². The standard InChI is InChI=1S/C12H11ClN2O4/c13-9-5-4-8(6-10(9)15(18)19)7-14-11(16)2-1-3-12(14)17/h4-6H,1-3,7H2. The first-order valence-corrected chi connectivity index (χ1v) is 6.13. The Kier molecular flexibility index (Phi) is 3.80. The van der Waals surface area contributed by atoms with Crippen molar-refractivity contribution in [2.24, 2.45) is 0 Å². The summed E-state index contributed by atoms with van der Waals surface area (Å²) in [6.45, 7) is 0.0513. The molecule has 1 aromatic carbocycles. The molecule has 1 aliphatic heterocycles. The number of nitro benzene ring substituents is 1. The average molecular weight is 283 g/mol. The van der Waals surface area contributed by atoms with Gasteiger partial charge in [-0.1, -0.05) is 17.7 Å². The Labute approximate surface area is 114 Å². The smallest absolute Gasteiger partial charge is 0.278 e. The zero-order valence-electron chi connectivity index (χ0n) is 9.97. The lowest BCUT2D eigenvalue weighted by Gasteiger charge is -2.24. The summed E-state index contributed by atoms with van der Waals surface area (Å²) >= 11 is 5.70. The van der Waals surface area contributed by atoms with Crippen LogP contribution >= 0.6 is 11.6 Å². The van der Waals surface area contributed by atoms with E-state index in [0.717, 1.165) is 4.90 Å². The van der Waals surface area contributed by atoms with Gasteiger partial charge in [0.05, 0.1) is 11.5 Å². The number of nitrogens with zero attached hydrogens (tertiary/aromatic N) is 2. The number of hydrogen-bond donors (Lipinski definition) is 0. The van der Waals surface area contributed by atoms with Gasteiger partial charge in [-0.15, -0.1) is 0 Å². The van der Waals surface area contributed by atoms with Gasteiger partial charge in [0.25, 0.3) is 5.69 Å². The number of benzene rings is 1. The number of hydrogen-bond acceptors (Lipinski definition) is 4. The van der Waals surface area contributed by atoms with E-state index in [-0.39, 0.29) is 29.1 Å². The average Bonchev–Trinajstić information content (AvgIpc) is 2.35. The lowest BCUT2D eigenvalue weighted by Crippen LogP contribution is -2.39. The number of imide groups is 1. The molecule has 0 aliphatic carbocycles. The summed E-state index contributed by atoms with van der Waals surface area (Å²) < 4.78 is 0. The topological polar surface area (TPSA) is 80.5 Å². The lowest BCUT2D eigenvalue weighted by molar-refractivity contribution is -0.384. The molecule has 0 aromatic heterocycles. The minimum Gasteiger partial charge on any atom is -0.278 e. The third kappa shape index (κ3) is 2.90. The van der Waals surface area contributed by atoms with Gasteiger partial charge < -0.3 is 0 Å². The monoisotopic (exact) mass is 282 g/mol. The van der Waals surface area contributed by atoms with Crippen molar-refractivity contribution in [3.63, 3.8) is 0 Å². The third-order valence-corrected chi connectivity index (χ3v) is 3.25. The van der Waals surface area contributed by atoms with Gasteiger partial charge in [0.2, 0.25) is 11.8 Å². The highest BCUT2D eigenvalue weighted by molar-refractivity contribution is 6.32. The maximum Gasteiger partial charge on any atom is 0.288 e. The highest BCUT2D eigenvalue weighted by atomic mass is 35.5. The molecule has 1 saturated heterocycles. The van der Waals surface area contributed by atoms with E-state index in [1.54, 1.807) is 6.07 Å². The maximum atomic E-state index is 11.6. The predicted molar refractivity (Wildman–Crippen MR) is 67.5 cm³/mol. The number of nitro groups is 1. The summed E-state index contributed by atoms with van der Waals surface area (Å²) in [5, 5.41) is 10.8. The Morgan fingerprint density at radius 2 is 1.89 bits per heavy atom. The van der Waals surface area contributed by atoms with Crippen molar-refractivity contribution in [3.8, 4) is 0 Å². The number of piperidine rings is 1. The number of rotatable bonds is 3. The molecule has 1 aromatic rings. The molecule has 100 valence electrons. The van der Waals surface area contributed by atoms with Crippen LogP contribution in [0.1, 0.15) is 24.8 Å². The summed E-state index contributed by atoms with van der Waals surface area (Å²) in [5.74, 6) is -0.484. The van der Waals surface area contributed by atoms with E-state index >= 15 is 0 Å². The Morgan fingerprint density at radius 1 is 1.26 bits per heavy atom.